The number of guanidine groups is 1. The average Bonchev–Trinajstić information content (AvgIpc) is 3.34. The fourth-order valence-corrected chi connectivity index (χ4v) is 4.44. The Bertz CT molecular complexity index is 1250. The highest BCUT2D eigenvalue weighted by molar-refractivity contribution is 6.32. The molecule has 1 amide bonds. The number of fused-ring (bicyclic) bond motifs is 1. The molecular formula is C23H18ClFN4O2. The molecule has 1 aromatic heterocycles. The molecule has 31 heavy (non-hydrogen) atoms. The van der Waals surface area contributed by atoms with E-state index in [1.165, 1.54) is 11.0 Å². The molecule has 6 nitrogen and oxygen atoms in total. The highest BCUT2D eigenvalue weighted by Crippen LogP contribution is 2.45. The summed E-state index contributed by atoms with van der Waals surface area (Å²) in [6.45, 7) is 0.520. The van der Waals surface area contributed by atoms with E-state index >= 15 is 0 Å². The Morgan fingerprint density at radius 1 is 1.23 bits per heavy atom. The SMILES string of the molecule is CN1C(=O)C(c2cc(Cl)c3c(c2)CCO3)(c2ccc(F)c(-c3cccnc3)c2)N=C1N. The standard InChI is InChI=1S/C23H18ClFN4O2/c1-29-21(30)23(28-22(29)26,16-9-13-6-8-31-20(13)18(24)11-16)15-4-5-19(25)17(10-15)14-3-2-7-27-12-14/h2-5,7,9-12H,6,8H2,1H3,(H2,26,28). The molecule has 0 aliphatic carbocycles. The van der Waals surface area contributed by atoms with Crippen LogP contribution in [-0.2, 0) is 16.8 Å². The molecule has 2 N–H and O–H groups in total. The summed E-state index contributed by atoms with van der Waals surface area (Å²) in [6, 6.07) is 11.5. The van der Waals surface area contributed by atoms with Crippen molar-refractivity contribution in [2.24, 2.45) is 10.7 Å². The van der Waals surface area contributed by atoms with Crippen molar-refractivity contribution in [2.45, 2.75) is 12.0 Å². The largest absolute Gasteiger partial charge is 0.491 e. The Morgan fingerprint density at radius 2 is 2.06 bits per heavy atom. The second-order valence-corrected chi connectivity index (χ2v) is 7.93. The molecule has 0 saturated carbocycles. The molecule has 0 saturated heterocycles. The fourth-order valence-electron chi connectivity index (χ4n) is 4.15. The molecule has 1 unspecified atom stereocenters. The Morgan fingerprint density at radius 3 is 2.77 bits per heavy atom. The number of nitrogens with two attached hydrogens (primary N) is 1. The quantitative estimate of drug-likeness (QED) is 0.681. The maximum Gasteiger partial charge on any atom is 0.266 e. The minimum atomic E-state index is -1.48. The van der Waals surface area contributed by atoms with Crippen LogP contribution in [0.1, 0.15) is 16.7 Å². The van der Waals surface area contributed by atoms with Gasteiger partial charge in [-0.15, -0.1) is 0 Å². The van der Waals surface area contributed by atoms with Crippen molar-refractivity contribution >= 4 is 23.5 Å². The summed E-state index contributed by atoms with van der Waals surface area (Å²) in [7, 11) is 1.56. The number of aliphatic imine (C=N–C) groups is 1. The molecule has 8 heteroatoms. The van der Waals surface area contributed by atoms with Crippen LogP contribution in [0, 0.1) is 5.82 Å². The van der Waals surface area contributed by atoms with Gasteiger partial charge in [-0.05, 0) is 47.0 Å². The van der Waals surface area contributed by atoms with E-state index < -0.39 is 11.4 Å². The molecule has 0 spiro atoms. The number of halogens is 2. The first-order valence-corrected chi connectivity index (χ1v) is 10.1. The maximum atomic E-state index is 14.7. The molecule has 0 bridgehead atoms. The van der Waals surface area contributed by atoms with Gasteiger partial charge in [-0.1, -0.05) is 23.7 Å². The predicted molar refractivity (Wildman–Crippen MR) is 115 cm³/mol. The van der Waals surface area contributed by atoms with Crippen LogP contribution in [0.15, 0.2) is 59.9 Å². The van der Waals surface area contributed by atoms with Crippen molar-refractivity contribution in [3.05, 3.63) is 82.4 Å². The number of aromatic nitrogens is 1. The number of ether oxygens (including phenoxy) is 1. The van der Waals surface area contributed by atoms with E-state index in [0.29, 0.717) is 46.1 Å². The number of rotatable bonds is 3. The lowest BCUT2D eigenvalue weighted by Crippen LogP contribution is -2.41. The van der Waals surface area contributed by atoms with Crippen molar-refractivity contribution in [3.8, 4) is 16.9 Å². The first-order chi connectivity index (χ1) is 14.9. The number of likely N-dealkylation sites (N-methyl/N-ethyl adjacent to an activating group) is 1. The van der Waals surface area contributed by atoms with Crippen molar-refractivity contribution in [1.82, 2.24) is 9.88 Å². The summed E-state index contributed by atoms with van der Waals surface area (Å²) in [6.07, 6.45) is 3.85. The van der Waals surface area contributed by atoms with Crippen LogP contribution in [0.25, 0.3) is 11.1 Å². The van der Waals surface area contributed by atoms with Crippen LogP contribution in [0.5, 0.6) is 5.75 Å². The number of carbonyl (C=O) groups is 1. The third-order valence-electron chi connectivity index (χ3n) is 5.75. The number of amides is 1. The third-order valence-corrected chi connectivity index (χ3v) is 6.03. The van der Waals surface area contributed by atoms with Crippen LogP contribution < -0.4 is 10.5 Å². The summed E-state index contributed by atoms with van der Waals surface area (Å²) in [5.74, 6) is -0.0803. The summed E-state index contributed by atoms with van der Waals surface area (Å²) in [5.41, 5.74) is 7.43. The summed E-state index contributed by atoms with van der Waals surface area (Å²) >= 11 is 6.48. The summed E-state index contributed by atoms with van der Waals surface area (Å²) in [5, 5.41) is 0.398. The number of hydrogen-bond donors (Lipinski definition) is 1. The van der Waals surface area contributed by atoms with Crippen LogP contribution >= 0.6 is 11.6 Å². The van der Waals surface area contributed by atoms with Gasteiger partial charge in [0.1, 0.15) is 11.6 Å². The van der Waals surface area contributed by atoms with Gasteiger partial charge in [0, 0.05) is 37.0 Å². The molecule has 0 fully saturated rings. The molecule has 3 heterocycles. The van der Waals surface area contributed by atoms with Gasteiger partial charge >= 0.3 is 0 Å². The van der Waals surface area contributed by atoms with Crippen LogP contribution in [0.2, 0.25) is 5.02 Å². The molecule has 2 aromatic carbocycles. The maximum absolute atomic E-state index is 14.7. The van der Waals surface area contributed by atoms with Gasteiger partial charge in [-0.2, -0.15) is 0 Å². The lowest BCUT2D eigenvalue weighted by molar-refractivity contribution is -0.129. The Labute approximate surface area is 183 Å². The summed E-state index contributed by atoms with van der Waals surface area (Å²) < 4.78 is 20.3. The van der Waals surface area contributed by atoms with Crippen molar-refractivity contribution in [1.29, 1.82) is 0 Å². The zero-order chi connectivity index (χ0) is 21.8. The monoisotopic (exact) mass is 436 g/mol. The van der Waals surface area contributed by atoms with Gasteiger partial charge in [0.25, 0.3) is 5.91 Å². The number of pyridine rings is 1. The number of hydrogen-bond acceptors (Lipinski definition) is 5. The highest BCUT2D eigenvalue weighted by Gasteiger charge is 2.50. The van der Waals surface area contributed by atoms with Gasteiger partial charge in [0.2, 0.25) is 0 Å². The van der Waals surface area contributed by atoms with Gasteiger partial charge < -0.3 is 10.5 Å². The van der Waals surface area contributed by atoms with Crippen molar-refractivity contribution < 1.29 is 13.9 Å². The number of carbonyl (C=O) groups excluding carboxylic acids is 1. The van der Waals surface area contributed by atoms with Crippen LogP contribution in [0.3, 0.4) is 0 Å². The first-order valence-electron chi connectivity index (χ1n) is 9.71. The van der Waals surface area contributed by atoms with Crippen LogP contribution in [0.4, 0.5) is 4.39 Å². The number of nitrogens with zero attached hydrogens (tertiary/aromatic N) is 3. The van der Waals surface area contributed by atoms with Crippen molar-refractivity contribution in [2.75, 3.05) is 13.7 Å². The van der Waals surface area contributed by atoms with E-state index in [9.17, 15) is 9.18 Å². The average molecular weight is 437 g/mol. The van der Waals surface area contributed by atoms with E-state index in [-0.39, 0.29) is 11.9 Å². The molecule has 2 aliphatic rings. The molecular weight excluding hydrogens is 419 g/mol. The Kier molecular flexibility index (Phi) is 4.44. The predicted octanol–water partition coefficient (Wildman–Crippen LogP) is 3.51. The van der Waals surface area contributed by atoms with Gasteiger partial charge in [0.15, 0.2) is 11.5 Å². The summed E-state index contributed by atoms with van der Waals surface area (Å²) in [4.78, 5) is 23.5. The smallest absolute Gasteiger partial charge is 0.266 e. The molecule has 0 radical (unpaired) electrons. The first kappa shape index (κ1) is 19.5. The Hall–Kier alpha value is -3.45. The zero-order valence-corrected chi connectivity index (χ0v) is 17.4. The second kappa shape index (κ2) is 7.06. The Balaban J connectivity index is 1.77. The van der Waals surface area contributed by atoms with Gasteiger partial charge in [-0.25, -0.2) is 9.38 Å². The van der Waals surface area contributed by atoms with E-state index in [1.54, 1.807) is 49.8 Å². The normalized spacial score (nSPS) is 19.9. The minimum Gasteiger partial charge on any atom is -0.491 e. The second-order valence-electron chi connectivity index (χ2n) is 7.53. The topological polar surface area (TPSA) is 80.8 Å². The molecule has 5 rings (SSSR count). The third kappa shape index (κ3) is 2.88. The molecule has 2 aliphatic heterocycles. The van der Waals surface area contributed by atoms with E-state index in [1.807, 2.05) is 6.07 Å². The van der Waals surface area contributed by atoms with Gasteiger partial charge in [0.05, 0.1) is 11.6 Å². The molecule has 156 valence electrons. The molecule has 3 aromatic rings. The molecule has 1 atom stereocenters. The lowest BCUT2D eigenvalue weighted by Gasteiger charge is -2.27. The highest BCUT2D eigenvalue weighted by atomic mass is 35.5. The van der Waals surface area contributed by atoms with Gasteiger partial charge in [-0.3, -0.25) is 14.7 Å². The van der Waals surface area contributed by atoms with Crippen molar-refractivity contribution in [3.63, 3.8) is 0 Å². The lowest BCUT2D eigenvalue weighted by atomic mass is 9.81. The fraction of sp³-hybridized carbons (Fsp3) is 0.174. The number of benzene rings is 2. The zero-order valence-electron chi connectivity index (χ0n) is 16.6. The minimum absolute atomic E-state index is 0.0742. The van der Waals surface area contributed by atoms with E-state index in [0.717, 1.165) is 5.56 Å². The van der Waals surface area contributed by atoms with E-state index in [4.69, 9.17) is 22.1 Å². The van der Waals surface area contributed by atoms with E-state index in [2.05, 4.69) is 9.98 Å². The van der Waals surface area contributed by atoms with Crippen LogP contribution in [-0.4, -0.2) is 35.4 Å².